The summed E-state index contributed by atoms with van der Waals surface area (Å²) in [5, 5.41) is 11.4. The second kappa shape index (κ2) is 7.83. The van der Waals surface area contributed by atoms with Crippen molar-refractivity contribution in [3.63, 3.8) is 0 Å². The Kier molecular flexibility index (Phi) is 5.07. The van der Waals surface area contributed by atoms with Gasteiger partial charge in [-0.15, -0.1) is 0 Å². The maximum Gasteiger partial charge on any atom is 0.331 e. The van der Waals surface area contributed by atoms with Crippen LogP contribution in [0.5, 0.6) is 11.5 Å². The molecule has 0 saturated heterocycles. The number of fused-ring (bicyclic) bond motifs is 3. The predicted molar refractivity (Wildman–Crippen MR) is 125 cm³/mol. The van der Waals surface area contributed by atoms with Gasteiger partial charge in [-0.25, -0.2) is 4.79 Å². The molecule has 0 radical (unpaired) electrons. The smallest absolute Gasteiger partial charge is 0.331 e. The lowest BCUT2D eigenvalue weighted by Crippen LogP contribution is -2.37. The van der Waals surface area contributed by atoms with Crippen molar-refractivity contribution < 1.29 is 14.6 Å². The van der Waals surface area contributed by atoms with Crippen molar-refractivity contribution in [3.05, 3.63) is 79.6 Å². The van der Waals surface area contributed by atoms with Crippen LogP contribution in [0.4, 0.5) is 0 Å². The summed E-state index contributed by atoms with van der Waals surface area (Å²) in [6.45, 7) is 0.887. The van der Waals surface area contributed by atoms with Crippen LogP contribution < -0.4 is 16.0 Å². The van der Waals surface area contributed by atoms with Gasteiger partial charge < -0.3 is 19.1 Å². The summed E-state index contributed by atoms with van der Waals surface area (Å²) in [6.07, 6.45) is -0.600. The predicted octanol–water partition coefficient (Wildman–Crippen LogP) is 3.19. The van der Waals surface area contributed by atoms with E-state index in [1.807, 2.05) is 16.7 Å². The number of hydrogen-bond acceptors (Lipinski definition) is 5. The second-order valence-corrected chi connectivity index (χ2v) is 8.44. The van der Waals surface area contributed by atoms with E-state index in [9.17, 15) is 14.7 Å². The van der Waals surface area contributed by atoms with E-state index in [0.29, 0.717) is 51.8 Å². The van der Waals surface area contributed by atoms with Gasteiger partial charge in [-0.05, 0) is 35.4 Å². The number of methoxy groups -OCH3 is 1. The lowest BCUT2D eigenvalue weighted by molar-refractivity contribution is 0.0477. The quantitative estimate of drug-likeness (QED) is 0.500. The van der Waals surface area contributed by atoms with Crippen molar-refractivity contribution in [1.29, 1.82) is 0 Å². The van der Waals surface area contributed by atoms with Crippen LogP contribution in [0.3, 0.4) is 0 Å². The number of ether oxygens (including phenoxy) is 2. The van der Waals surface area contributed by atoms with Gasteiger partial charge in [-0.1, -0.05) is 29.8 Å². The molecule has 0 aliphatic carbocycles. The highest BCUT2D eigenvalue weighted by atomic mass is 35.5. The molecule has 9 heteroatoms. The van der Waals surface area contributed by atoms with E-state index in [1.54, 1.807) is 37.4 Å². The Morgan fingerprint density at radius 3 is 2.48 bits per heavy atom. The fourth-order valence-corrected chi connectivity index (χ4v) is 4.74. The summed E-state index contributed by atoms with van der Waals surface area (Å²) in [5.74, 6) is 0.326. The maximum atomic E-state index is 13.4. The Hall–Kier alpha value is -3.49. The first kappa shape index (κ1) is 21.4. The number of nitrogens with zero attached hydrogens (tertiary/aromatic N) is 3. The highest BCUT2D eigenvalue weighted by Crippen LogP contribution is 2.42. The summed E-state index contributed by atoms with van der Waals surface area (Å²) in [6, 6.07) is 12.3. The molecule has 0 unspecified atom stereocenters. The Balaban J connectivity index is 1.89. The second-order valence-electron chi connectivity index (χ2n) is 8.00. The molecule has 0 amide bonds. The zero-order valence-electron chi connectivity index (χ0n) is 18.3. The van der Waals surface area contributed by atoms with Crippen molar-refractivity contribution >= 4 is 22.5 Å². The summed E-state index contributed by atoms with van der Waals surface area (Å²) in [7, 11) is 4.60. The normalized spacial score (nSPS) is 15.6. The van der Waals surface area contributed by atoms with Gasteiger partial charge >= 0.3 is 5.69 Å². The number of aromatic hydroxyl groups is 1. The lowest BCUT2D eigenvalue weighted by Gasteiger charge is -2.28. The van der Waals surface area contributed by atoms with Gasteiger partial charge in [-0.2, -0.15) is 0 Å². The van der Waals surface area contributed by atoms with Gasteiger partial charge in [0, 0.05) is 25.7 Å². The number of halogens is 1. The van der Waals surface area contributed by atoms with E-state index in [0.717, 1.165) is 10.1 Å². The minimum Gasteiger partial charge on any atom is -0.504 e. The molecule has 8 nitrogen and oxygen atoms in total. The first-order chi connectivity index (χ1) is 15.8. The highest BCUT2D eigenvalue weighted by molar-refractivity contribution is 6.30. The molecule has 0 spiro atoms. The minimum absolute atomic E-state index is 0.0192. The third-order valence-electron chi connectivity index (χ3n) is 6.18. The topological polar surface area (TPSA) is 87.6 Å². The number of aryl methyl sites for hydroxylation is 1. The molecule has 5 rings (SSSR count). The van der Waals surface area contributed by atoms with E-state index in [4.69, 9.17) is 21.1 Å². The fraction of sp³-hybridized carbons (Fsp3) is 0.250. The van der Waals surface area contributed by atoms with Crippen molar-refractivity contribution in [1.82, 2.24) is 13.7 Å². The van der Waals surface area contributed by atoms with Gasteiger partial charge in [0.15, 0.2) is 11.5 Å². The summed E-state index contributed by atoms with van der Waals surface area (Å²) < 4.78 is 15.9. The van der Waals surface area contributed by atoms with Crippen molar-refractivity contribution in [2.75, 3.05) is 13.7 Å². The zero-order chi connectivity index (χ0) is 23.4. The van der Waals surface area contributed by atoms with E-state index >= 15 is 0 Å². The third kappa shape index (κ3) is 3.17. The number of benzene rings is 2. The number of hydrogen-bond donors (Lipinski definition) is 1. The Bertz CT molecular complexity index is 1510. The average Bonchev–Trinajstić information content (AvgIpc) is 3.17. The number of aromatic nitrogens is 3. The third-order valence-corrected chi connectivity index (χ3v) is 6.43. The zero-order valence-corrected chi connectivity index (χ0v) is 19.1. The van der Waals surface area contributed by atoms with Gasteiger partial charge in [0.1, 0.15) is 6.10 Å². The van der Waals surface area contributed by atoms with Gasteiger partial charge in [0.25, 0.3) is 5.56 Å². The molecule has 0 fully saturated rings. The van der Waals surface area contributed by atoms with Gasteiger partial charge in [0.05, 0.1) is 36.0 Å². The van der Waals surface area contributed by atoms with Gasteiger partial charge in [-0.3, -0.25) is 13.9 Å². The number of rotatable bonds is 3. The monoisotopic (exact) mass is 467 g/mol. The van der Waals surface area contributed by atoms with E-state index in [-0.39, 0.29) is 11.3 Å². The fourth-order valence-electron chi connectivity index (χ4n) is 4.61. The van der Waals surface area contributed by atoms with Crippen LogP contribution >= 0.6 is 11.6 Å². The molecule has 170 valence electrons. The lowest BCUT2D eigenvalue weighted by atomic mass is 10.0. The van der Waals surface area contributed by atoms with Crippen LogP contribution in [-0.2, 0) is 25.4 Å². The van der Waals surface area contributed by atoms with Crippen LogP contribution in [0.15, 0.2) is 52.1 Å². The van der Waals surface area contributed by atoms with E-state index in [2.05, 4.69) is 0 Å². The maximum absolute atomic E-state index is 13.4. The first-order valence-electron chi connectivity index (χ1n) is 10.4. The minimum atomic E-state index is -0.600. The highest BCUT2D eigenvalue weighted by Gasteiger charge is 2.33. The SMILES string of the molecule is COc1ccc([C@@H]2OCCn3c(-c4ccc(Cl)cc4)c4c(=O)n(C)c(=O)n(C)c4c32)cc1O. The summed E-state index contributed by atoms with van der Waals surface area (Å²) in [5.41, 5.74) is 2.59. The van der Waals surface area contributed by atoms with Gasteiger partial charge in [0.2, 0.25) is 0 Å². The summed E-state index contributed by atoms with van der Waals surface area (Å²) >= 11 is 6.11. The summed E-state index contributed by atoms with van der Waals surface area (Å²) in [4.78, 5) is 26.2. The standard InChI is InChI=1S/C24H22ClN3O5/c1-26-20-18(23(30)27(2)24(26)31)19(13-4-7-15(25)8-5-13)28-10-11-33-22(21(20)28)14-6-9-17(32-3)16(29)12-14/h4-9,12,22,29H,10-11H2,1-3H3/t22-/m0/s1. The Morgan fingerprint density at radius 1 is 1.09 bits per heavy atom. The number of phenolic OH excluding ortho intramolecular Hbond substituents is 1. The molecule has 4 aromatic rings. The Morgan fingerprint density at radius 2 is 1.82 bits per heavy atom. The van der Waals surface area contributed by atoms with Crippen LogP contribution in [0.2, 0.25) is 5.02 Å². The van der Waals surface area contributed by atoms with Crippen LogP contribution in [0, 0.1) is 0 Å². The Labute approximate surface area is 193 Å². The molecule has 2 aromatic heterocycles. The molecule has 0 saturated carbocycles. The molecule has 1 N–H and O–H groups in total. The average molecular weight is 468 g/mol. The van der Waals surface area contributed by atoms with Crippen LogP contribution in [0.1, 0.15) is 17.4 Å². The first-order valence-corrected chi connectivity index (χ1v) is 10.8. The van der Waals surface area contributed by atoms with Crippen molar-refractivity contribution in [3.8, 4) is 22.8 Å². The molecule has 1 aliphatic rings. The van der Waals surface area contributed by atoms with Crippen molar-refractivity contribution in [2.24, 2.45) is 14.1 Å². The molecule has 2 aromatic carbocycles. The molecule has 1 atom stereocenters. The van der Waals surface area contributed by atoms with Crippen LogP contribution in [0.25, 0.3) is 22.2 Å². The molecule has 0 bridgehead atoms. The molecular formula is C24H22ClN3O5. The van der Waals surface area contributed by atoms with E-state index in [1.165, 1.54) is 18.7 Å². The largest absolute Gasteiger partial charge is 0.504 e. The van der Waals surface area contributed by atoms with Crippen LogP contribution in [-0.4, -0.2) is 32.5 Å². The molecule has 33 heavy (non-hydrogen) atoms. The van der Waals surface area contributed by atoms with E-state index < -0.39 is 11.8 Å². The molecular weight excluding hydrogens is 446 g/mol. The number of phenols is 1. The van der Waals surface area contributed by atoms with Crippen molar-refractivity contribution in [2.45, 2.75) is 12.6 Å². The molecule has 3 heterocycles. The molecule has 1 aliphatic heterocycles.